The molecule has 1 aliphatic rings. The van der Waals surface area contributed by atoms with Crippen molar-refractivity contribution in [2.24, 2.45) is 0 Å². The van der Waals surface area contributed by atoms with Gasteiger partial charge in [0.2, 0.25) is 0 Å². The van der Waals surface area contributed by atoms with Crippen molar-refractivity contribution in [1.29, 1.82) is 0 Å². The number of furan rings is 1. The van der Waals surface area contributed by atoms with Crippen LogP contribution in [-0.2, 0) is 0 Å². The number of thiocarbonyl (C=S) groups is 1. The predicted molar refractivity (Wildman–Crippen MR) is 138 cm³/mol. The Labute approximate surface area is 208 Å². The van der Waals surface area contributed by atoms with Gasteiger partial charge in [0.1, 0.15) is 17.6 Å². The monoisotopic (exact) mass is 493 g/mol. The first-order valence-corrected chi connectivity index (χ1v) is 11.7. The van der Waals surface area contributed by atoms with Crippen molar-refractivity contribution in [1.82, 2.24) is 10.3 Å². The number of hydrogen-bond acceptors (Lipinski definition) is 3. The van der Waals surface area contributed by atoms with Gasteiger partial charge in [0, 0.05) is 22.5 Å². The van der Waals surface area contributed by atoms with Crippen LogP contribution in [-0.4, -0.2) is 10.1 Å². The van der Waals surface area contributed by atoms with Gasteiger partial charge in [-0.25, -0.2) is 0 Å². The highest BCUT2D eigenvalue weighted by Gasteiger charge is 2.42. The first kappa shape index (κ1) is 22.0. The number of halogens is 2. The van der Waals surface area contributed by atoms with E-state index in [1.807, 2.05) is 36.4 Å². The van der Waals surface area contributed by atoms with Gasteiger partial charge in [0.15, 0.2) is 5.11 Å². The molecule has 1 saturated heterocycles. The van der Waals surface area contributed by atoms with Crippen LogP contribution in [0.5, 0.6) is 0 Å². The zero-order valence-electron chi connectivity index (χ0n) is 18.0. The molecule has 166 valence electrons. The highest BCUT2D eigenvalue weighted by Crippen LogP contribution is 2.44. The number of anilines is 1. The maximum Gasteiger partial charge on any atom is 0.174 e. The number of rotatable bonds is 4. The number of hydrogen-bond donors (Lipinski definition) is 1. The molecule has 7 heteroatoms. The second kappa shape index (κ2) is 8.82. The lowest BCUT2D eigenvalue weighted by Crippen LogP contribution is -2.29. The third kappa shape index (κ3) is 4.24. The summed E-state index contributed by atoms with van der Waals surface area (Å²) in [5.41, 5.74) is 5.02. The van der Waals surface area contributed by atoms with E-state index in [-0.39, 0.29) is 12.1 Å². The molecule has 0 amide bonds. The molecule has 2 aromatic carbocycles. The molecule has 0 spiro atoms. The first-order chi connectivity index (χ1) is 15.9. The Bertz CT molecular complexity index is 1320. The molecule has 1 fully saturated rings. The molecule has 2 aromatic heterocycles. The zero-order valence-corrected chi connectivity index (χ0v) is 20.4. The summed E-state index contributed by atoms with van der Waals surface area (Å²) in [5, 5.41) is 5.21. The second-order valence-electron chi connectivity index (χ2n) is 8.17. The smallest absolute Gasteiger partial charge is 0.174 e. The van der Waals surface area contributed by atoms with Crippen molar-refractivity contribution < 1.29 is 4.42 Å². The highest BCUT2D eigenvalue weighted by atomic mass is 35.5. The summed E-state index contributed by atoms with van der Waals surface area (Å²) in [4.78, 5) is 6.71. The molecular weight excluding hydrogens is 473 g/mol. The topological polar surface area (TPSA) is 41.3 Å². The van der Waals surface area contributed by atoms with Gasteiger partial charge < -0.3 is 14.6 Å². The Morgan fingerprint density at radius 1 is 0.970 bits per heavy atom. The SMILES string of the molecule is Cc1cc(C)cc(N2C(=S)N[C@H](c3ccccn3)[C@H]2c2ccc(-c3ccc(Cl)cc3Cl)o2)c1. The summed E-state index contributed by atoms with van der Waals surface area (Å²) in [7, 11) is 0. The van der Waals surface area contributed by atoms with Crippen molar-refractivity contribution in [2.75, 3.05) is 4.90 Å². The van der Waals surface area contributed by atoms with Crippen molar-refractivity contribution in [2.45, 2.75) is 25.9 Å². The van der Waals surface area contributed by atoms with Gasteiger partial charge >= 0.3 is 0 Å². The van der Waals surface area contributed by atoms with Crippen molar-refractivity contribution in [3.05, 3.63) is 106 Å². The molecule has 0 bridgehead atoms. The maximum absolute atomic E-state index is 6.44. The Hall–Kier alpha value is -2.86. The molecule has 0 unspecified atom stereocenters. The van der Waals surface area contributed by atoms with E-state index in [1.165, 1.54) is 11.1 Å². The molecule has 0 aliphatic carbocycles. The van der Waals surface area contributed by atoms with E-state index in [9.17, 15) is 0 Å². The summed E-state index contributed by atoms with van der Waals surface area (Å²) < 4.78 is 6.39. The van der Waals surface area contributed by atoms with Crippen LogP contribution in [0.2, 0.25) is 10.0 Å². The van der Waals surface area contributed by atoms with Crippen LogP contribution < -0.4 is 10.2 Å². The third-order valence-corrected chi connectivity index (χ3v) is 6.56. The minimum absolute atomic E-state index is 0.181. The van der Waals surface area contributed by atoms with E-state index >= 15 is 0 Å². The van der Waals surface area contributed by atoms with Crippen LogP contribution in [0.1, 0.15) is 34.7 Å². The Balaban J connectivity index is 1.62. The number of pyridine rings is 1. The fourth-order valence-corrected chi connectivity index (χ4v) is 5.21. The van der Waals surface area contributed by atoms with E-state index in [2.05, 4.69) is 47.2 Å². The molecule has 0 radical (unpaired) electrons. The second-order valence-corrected chi connectivity index (χ2v) is 9.40. The average molecular weight is 494 g/mol. The summed E-state index contributed by atoms with van der Waals surface area (Å²) >= 11 is 18.3. The van der Waals surface area contributed by atoms with Crippen LogP contribution in [0.25, 0.3) is 11.3 Å². The number of aromatic nitrogens is 1. The summed E-state index contributed by atoms with van der Waals surface area (Å²) in [6, 6.07) is 21.2. The van der Waals surface area contributed by atoms with E-state index in [1.54, 1.807) is 18.3 Å². The minimum Gasteiger partial charge on any atom is -0.459 e. The summed E-state index contributed by atoms with van der Waals surface area (Å²) in [6.45, 7) is 4.17. The number of nitrogens with zero attached hydrogens (tertiary/aromatic N) is 2. The fraction of sp³-hybridized carbons (Fsp3) is 0.154. The molecular formula is C26H21Cl2N3OS. The molecule has 0 saturated carbocycles. The lowest BCUT2D eigenvalue weighted by Gasteiger charge is -2.26. The normalized spacial score (nSPS) is 17.9. The number of nitrogens with one attached hydrogen (secondary N) is 1. The standard InChI is InChI=1S/C26H21Cl2N3OS/c1-15-11-16(2)13-18(12-15)31-25(24(30-26(31)33)21-5-3-4-10-29-21)23-9-8-22(32-23)19-7-6-17(27)14-20(19)28/h3-14,24-25H,1-2H3,(H,30,33)/t24-,25-/m1/s1. The largest absolute Gasteiger partial charge is 0.459 e. The number of aryl methyl sites for hydroxylation is 2. The van der Waals surface area contributed by atoms with Gasteiger partial charge in [-0.2, -0.15) is 0 Å². The van der Waals surface area contributed by atoms with E-state index in [0.29, 0.717) is 20.9 Å². The van der Waals surface area contributed by atoms with Crippen LogP contribution in [0.4, 0.5) is 5.69 Å². The third-order valence-electron chi connectivity index (χ3n) is 5.70. The van der Waals surface area contributed by atoms with Crippen molar-refractivity contribution in [3.8, 4) is 11.3 Å². The van der Waals surface area contributed by atoms with Crippen LogP contribution in [0, 0.1) is 13.8 Å². The fourth-order valence-electron chi connectivity index (χ4n) is 4.36. The lowest BCUT2D eigenvalue weighted by molar-refractivity contribution is 0.439. The predicted octanol–water partition coefficient (Wildman–Crippen LogP) is 7.44. The van der Waals surface area contributed by atoms with Gasteiger partial charge in [-0.05, 0) is 91.8 Å². The zero-order chi connectivity index (χ0) is 23.1. The molecule has 4 nitrogen and oxygen atoms in total. The van der Waals surface area contributed by atoms with Gasteiger partial charge in [0.25, 0.3) is 0 Å². The molecule has 2 atom stereocenters. The Morgan fingerprint density at radius 2 is 1.76 bits per heavy atom. The van der Waals surface area contributed by atoms with Gasteiger partial charge in [-0.1, -0.05) is 35.3 Å². The van der Waals surface area contributed by atoms with Crippen molar-refractivity contribution in [3.63, 3.8) is 0 Å². The van der Waals surface area contributed by atoms with Gasteiger partial charge in [0.05, 0.1) is 16.8 Å². The van der Waals surface area contributed by atoms with Gasteiger partial charge in [-0.3, -0.25) is 4.98 Å². The molecule has 3 heterocycles. The summed E-state index contributed by atoms with van der Waals surface area (Å²) in [6.07, 6.45) is 1.79. The maximum atomic E-state index is 6.44. The highest BCUT2D eigenvalue weighted by molar-refractivity contribution is 7.80. The molecule has 1 aliphatic heterocycles. The molecule has 4 aromatic rings. The first-order valence-electron chi connectivity index (χ1n) is 10.5. The van der Waals surface area contributed by atoms with Crippen LogP contribution in [0.15, 0.2) is 77.3 Å². The quantitative estimate of drug-likeness (QED) is 0.299. The summed E-state index contributed by atoms with van der Waals surface area (Å²) in [5.74, 6) is 1.43. The molecule has 1 N–H and O–H groups in total. The Kier molecular flexibility index (Phi) is 5.87. The Morgan fingerprint density at radius 3 is 2.45 bits per heavy atom. The molecule has 5 rings (SSSR count). The molecule has 33 heavy (non-hydrogen) atoms. The van der Waals surface area contributed by atoms with Crippen molar-refractivity contribution >= 4 is 46.2 Å². The van der Waals surface area contributed by atoms with Crippen LogP contribution >= 0.6 is 35.4 Å². The average Bonchev–Trinajstić information content (AvgIpc) is 3.38. The number of benzene rings is 2. The lowest BCUT2D eigenvalue weighted by atomic mass is 10.0. The van der Waals surface area contributed by atoms with E-state index in [4.69, 9.17) is 39.8 Å². The van der Waals surface area contributed by atoms with E-state index in [0.717, 1.165) is 22.7 Å². The van der Waals surface area contributed by atoms with Gasteiger partial charge in [-0.15, -0.1) is 0 Å². The minimum atomic E-state index is -0.228. The van der Waals surface area contributed by atoms with Crippen LogP contribution in [0.3, 0.4) is 0 Å². The van der Waals surface area contributed by atoms with E-state index < -0.39 is 0 Å².